The maximum atomic E-state index is 13.3. The largest absolute Gasteiger partial charge is 0.326 e. The van der Waals surface area contributed by atoms with Crippen molar-refractivity contribution < 1.29 is 9.59 Å². The van der Waals surface area contributed by atoms with Crippen LogP contribution >= 0.6 is 11.8 Å². The monoisotopic (exact) mass is 421 g/mol. The molecular formula is C24H27N3O2S. The number of nitrogens with zero attached hydrogens (tertiary/aromatic N) is 2. The highest BCUT2D eigenvalue weighted by atomic mass is 32.2. The summed E-state index contributed by atoms with van der Waals surface area (Å²) >= 11 is 1.42. The van der Waals surface area contributed by atoms with Crippen LogP contribution in [-0.2, 0) is 9.59 Å². The molecule has 2 fully saturated rings. The minimum absolute atomic E-state index is 0.0148. The second-order valence-electron chi connectivity index (χ2n) is 7.96. The minimum Gasteiger partial charge on any atom is -0.326 e. The molecule has 1 aliphatic carbocycles. The van der Waals surface area contributed by atoms with Gasteiger partial charge in [0.25, 0.3) is 0 Å². The molecule has 156 valence electrons. The van der Waals surface area contributed by atoms with E-state index in [1.165, 1.54) is 18.2 Å². The average molecular weight is 422 g/mol. The van der Waals surface area contributed by atoms with Crippen LogP contribution in [0.15, 0.2) is 59.6 Å². The molecule has 0 aromatic heterocycles. The second kappa shape index (κ2) is 9.47. The van der Waals surface area contributed by atoms with Crippen molar-refractivity contribution in [2.45, 2.75) is 56.7 Å². The van der Waals surface area contributed by atoms with Crippen LogP contribution in [0.4, 0.5) is 11.4 Å². The van der Waals surface area contributed by atoms with Gasteiger partial charge in [0, 0.05) is 18.2 Å². The zero-order valence-electron chi connectivity index (χ0n) is 17.2. The van der Waals surface area contributed by atoms with E-state index in [0.717, 1.165) is 47.8 Å². The highest BCUT2D eigenvalue weighted by Gasteiger charge is 2.42. The summed E-state index contributed by atoms with van der Waals surface area (Å²) in [6.07, 6.45) is 5.64. The van der Waals surface area contributed by atoms with E-state index in [4.69, 9.17) is 4.99 Å². The SMILES string of the molecule is Cc1cccc(NC(=O)C[C@@H]2SC(=Nc3ccccc3)N(C3CCCCC3)C2=O)c1. The van der Waals surface area contributed by atoms with Gasteiger partial charge in [0.2, 0.25) is 11.8 Å². The van der Waals surface area contributed by atoms with Gasteiger partial charge in [0.05, 0.1) is 5.69 Å². The van der Waals surface area contributed by atoms with Gasteiger partial charge in [0.1, 0.15) is 5.25 Å². The Morgan fingerprint density at radius 1 is 1.10 bits per heavy atom. The van der Waals surface area contributed by atoms with Gasteiger partial charge in [0.15, 0.2) is 5.17 Å². The van der Waals surface area contributed by atoms with Crippen LogP contribution in [0.1, 0.15) is 44.1 Å². The number of benzene rings is 2. The maximum absolute atomic E-state index is 13.3. The molecule has 0 spiro atoms. The molecule has 1 N–H and O–H groups in total. The topological polar surface area (TPSA) is 61.8 Å². The third-order valence-corrected chi connectivity index (χ3v) is 6.71. The molecule has 5 nitrogen and oxygen atoms in total. The number of nitrogens with one attached hydrogen (secondary N) is 1. The zero-order chi connectivity index (χ0) is 20.9. The van der Waals surface area contributed by atoms with Gasteiger partial charge >= 0.3 is 0 Å². The Bertz CT molecular complexity index is 938. The normalized spacial score (nSPS) is 21.2. The highest BCUT2D eigenvalue weighted by Crippen LogP contribution is 2.36. The number of hydrogen-bond donors (Lipinski definition) is 1. The molecule has 1 heterocycles. The van der Waals surface area contributed by atoms with Gasteiger partial charge in [-0.15, -0.1) is 0 Å². The van der Waals surface area contributed by atoms with E-state index < -0.39 is 5.25 Å². The van der Waals surface area contributed by atoms with Gasteiger partial charge in [-0.3, -0.25) is 14.5 Å². The predicted molar refractivity (Wildman–Crippen MR) is 123 cm³/mol. The molecule has 0 bridgehead atoms. The predicted octanol–water partition coefficient (Wildman–Crippen LogP) is 5.29. The third kappa shape index (κ3) is 4.93. The van der Waals surface area contributed by atoms with E-state index in [2.05, 4.69) is 5.32 Å². The van der Waals surface area contributed by atoms with Crippen molar-refractivity contribution in [3.05, 3.63) is 60.2 Å². The van der Waals surface area contributed by atoms with Gasteiger partial charge in [-0.25, -0.2) is 4.99 Å². The van der Waals surface area contributed by atoms with Gasteiger partial charge in [-0.05, 0) is 49.6 Å². The second-order valence-corrected chi connectivity index (χ2v) is 9.13. The minimum atomic E-state index is -0.431. The highest BCUT2D eigenvalue weighted by molar-refractivity contribution is 8.15. The van der Waals surface area contributed by atoms with E-state index in [9.17, 15) is 9.59 Å². The van der Waals surface area contributed by atoms with Crippen molar-refractivity contribution in [2.24, 2.45) is 4.99 Å². The van der Waals surface area contributed by atoms with E-state index in [1.807, 2.05) is 66.4 Å². The third-order valence-electron chi connectivity index (χ3n) is 5.56. The Hall–Kier alpha value is -2.60. The molecule has 2 amide bonds. The molecule has 6 heteroatoms. The Morgan fingerprint density at radius 2 is 1.87 bits per heavy atom. The van der Waals surface area contributed by atoms with Gasteiger partial charge < -0.3 is 5.32 Å². The number of amidine groups is 1. The number of anilines is 1. The molecule has 2 aliphatic rings. The number of carbonyl (C=O) groups excluding carboxylic acids is 2. The van der Waals surface area contributed by atoms with Gasteiger partial charge in [-0.1, -0.05) is 61.4 Å². The lowest BCUT2D eigenvalue weighted by atomic mass is 9.94. The van der Waals surface area contributed by atoms with Crippen molar-refractivity contribution in [2.75, 3.05) is 5.32 Å². The number of aryl methyl sites for hydroxylation is 1. The van der Waals surface area contributed by atoms with Crippen molar-refractivity contribution in [1.82, 2.24) is 4.90 Å². The lowest BCUT2D eigenvalue weighted by Crippen LogP contribution is -2.42. The van der Waals surface area contributed by atoms with Crippen molar-refractivity contribution in [1.29, 1.82) is 0 Å². The number of carbonyl (C=O) groups is 2. The molecule has 2 aromatic rings. The first kappa shape index (κ1) is 20.7. The molecular weight excluding hydrogens is 394 g/mol. The number of thioether (sulfide) groups is 1. The van der Waals surface area contributed by atoms with E-state index >= 15 is 0 Å². The van der Waals surface area contributed by atoms with Crippen molar-refractivity contribution in [3.63, 3.8) is 0 Å². The molecule has 1 saturated carbocycles. The van der Waals surface area contributed by atoms with Crippen LogP contribution in [0.3, 0.4) is 0 Å². The standard InChI is InChI=1S/C24H27N3O2S/c1-17-9-8-12-19(15-17)25-22(28)16-21-23(29)27(20-13-6-3-7-14-20)24(30-21)26-18-10-4-2-5-11-18/h2,4-5,8-12,15,20-21H,3,6-7,13-14,16H2,1H3,(H,25,28)/t21-/m0/s1. The molecule has 1 saturated heterocycles. The summed E-state index contributed by atoms with van der Waals surface area (Å²) < 4.78 is 0. The fraction of sp³-hybridized carbons (Fsp3) is 0.375. The van der Waals surface area contributed by atoms with Crippen LogP contribution < -0.4 is 5.32 Å². The maximum Gasteiger partial charge on any atom is 0.242 e. The Balaban J connectivity index is 1.51. The molecule has 0 unspecified atom stereocenters. The Kier molecular flexibility index (Phi) is 6.53. The summed E-state index contributed by atoms with van der Waals surface area (Å²) in [7, 11) is 0. The first-order valence-corrected chi connectivity index (χ1v) is 11.5. The summed E-state index contributed by atoms with van der Waals surface area (Å²) in [4.78, 5) is 32.6. The van der Waals surface area contributed by atoms with E-state index in [1.54, 1.807) is 0 Å². The Morgan fingerprint density at radius 3 is 2.60 bits per heavy atom. The molecule has 2 aromatic carbocycles. The van der Waals surface area contributed by atoms with Crippen LogP contribution in [0.25, 0.3) is 0 Å². The number of amides is 2. The molecule has 4 rings (SSSR count). The lowest BCUT2D eigenvalue weighted by molar-refractivity contribution is -0.130. The number of aliphatic imine (C=N–C) groups is 1. The fourth-order valence-electron chi connectivity index (χ4n) is 4.08. The first-order valence-electron chi connectivity index (χ1n) is 10.6. The summed E-state index contributed by atoms with van der Waals surface area (Å²) in [6.45, 7) is 1.99. The van der Waals surface area contributed by atoms with Crippen LogP contribution in [-0.4, -0.2) is 33.2 Å². The van der Waals surface area contributed by atoms with Gasteiger partial charge in [-0.2, -0.15) is 0 Å². The van der Waals surface area contributed by atoms with Crippen molar-refractivity contribution in [3.8, 4) is 0 Å². The number of rotatable bonds is 5. The molecule has 1 atom stereocenters. The number of para-hydroxylation sites is 1. The fourth-order valence-corrected chi connectivity index (χ4v) is 5.30. The zero-order valence-corrected chi connectivity index (χ0v) is 18.0. The molecule has 1 aliphatic heterocycles. The summed E-state index contributed by atoms with van der Waals surface area (Å²) in [5.41, 5.74) is 2.68. The van der Waals surface area contributed by atoms with Crippen LogP contribution in [0, 0.1) is 6.92 Å². The van der Waals surface area contributed by atoms with E-state index in [0.29, 0.717) is 0 Å². The van der Waals surface area contributed by atoms with Crippen LogP contribution in [0.5, 0.6) is 0 Å². The average Bonchev–Trinajstić information content (AvgIpc) is 3.04. The lowest BCUT2D eigenvalue weighted by Gasteiger charge is -2.30. The Labute approximate surface area is 182 Å². The quantitative estimate of drug-likeness (QED) is 0.714. The van der Waals surface area contributed by atoms with Crippen molar-refractivity contribution >= 4 is 40.1 Å². The smallest absolute Gasteiger partial charge is 0.242 e. The summed E-state index contributed by atoms with van der Waals surface area (Å²) in [6, 6.07) is 17.6. The van der Waals surface area contributed by atoms with Crippen LogP contribution in [0.2, 0.25) is 0 Å². The summed E-state index contributed by atoms with van der Waals surface area (Å²) in [5.74, 6) is -0.128. The molecule has 0 radical (unpaired) electrons. The molecule has 30 heavy (non-hydrogen) atoms. The number of hydrogen-bond acceptors (Lipinski definition) is 4. The summed E-state index contributed by atoms with van der Waals surface area (Å²) in [5, 5.41) is 3.22. The van der Waals surface area contributed by atoms with E-state index in [-0.39, 0.29) is 24.3 Å². The first-order chi connectivity index (χ1) is 14.6.